The van der Waals surface area contributed by atoms with Crippen molar-refractivity contribution in [3.05, 3.63) is 58.3 Å². The third-order valence-electron chi connectivity index (χ3n) is 9.58. The molecule has 8 rings (SSSR count). The van der Waals surface area contributed by atoms with Gasteiger partial charge in [-0.2, -0.15) is 9.97 Å². The maximum Gasteiger partial charge on any atom is 0.319 e. The Morgan fingerprint density at radius 1 is 1.00 bits per heavy atom. The Morgan fingerprint density at radius 2 is 1.75 bits per heavy atom. The monoisotopic (exact) mass is 577 g/mol. The molecule has 0 saturated carbocycles. The summed E-state index contributed by atoms with van der Waals surface area (Å²) in [6.07, 6.45) is 5.69. The predicted octanol–water partition coefficient (Wildman–Crippen LogP) is 6.45. The minimum Gasteiger partial charge on any atom is -0.461 e. The van der Waals surface area contributed by atoms with E-state index in [2.05, 4.69) is 15.1 Å². The first-order valence-corrected chi connectivity index (χ1v) is 15.0. The van der Waals surface area contributed by atoms with Crippen LogP contribution in [0.1, 0.15) is 32.1 Å². The molecule has 2 atom stereocenters. The molecule has 3 aromatic carbocycles. The van der Waals surface area contributed by atoms with Crippen LogP contribution >= 0.6 is 23.2 Å². The zero-order valence-electron chi connectivity index (χ0n) is 22.1. The van der Waals surface area contributed by atoms with E-state index in [0.717, 1.165) is 56.2 Å². The molecule has 4 aliphatic rings. The van der Waals surface area contributed by atoms with Gasteiger partial charge < -0.3 is 15.0 Å². The Balaban J connectivity index is 1.29. The number of aromatic nitrogens is 2. The molecule has 6 nitrogen and oxygen atoms in total. The minimum absolute atomic E-state index is 0.0407. The topological polar surface area (TPSA) is 53.5 Å². The lowest BCUT2D eigenvalue weighted by Gasteiger charge is -2.54. The zero-order valence-corrected chi connectivity index (χ0v) is 23.6. The van der Waals surface area contributed by atoms with E-state index in [0.29, 0.717) is 51.1 Å². The normalized spacial score (nSPS) is 23.5. The standard InChI is InChI=1S/C31H30Cl2FN5O/c32-23-8-2-6-18-5-1-7-21(25(18)23)26-24(33)14-22-28(27(26)34)36-30(37-29(22)39-19-13-20(39)16-35-15-19)40-17-31-9-3-11-38(31)12-4-10-31/h1-2,5-8,14,19-20,35H,3-4,9-13,15-17H2. The van der Waals surface area contributed by atoms with Crippen LogP contribution in [0.25, 0.3) is 32.8 Å². The molecule has 2 unspecified atom stereocenters. The van der Waals surface area contributed by atoms with Crippen molar-refractivity contribution in [3.8, 4) is 17.1 Å². The molecule has 4 saturated heterocycles. The molecule has 1 N–H and O–H groups in total. The highest BCUT2D eigenvalue weighted by Gasteiger charge is 2.46. The van der Waals surface area contributed by atoms with Crippen LogP contribution in [-0.2, 0) is 0 Å². The Bertz CT molecular complexity index is 1640. The SMILES string of the molecule is Fc1c(-c2cccc3cccc(Cl)c23)c(Cl)cc2c(N3C4CNCC3C4)nc(OCC34CCCN3CCC4)nc12. The third kappa shape index (κ3) is 3.74. The van der Waals surface area contributed by atoms with Crippen LogP contribution in [0.4, 0.5) is 10.2 Å². The molecule has 1 aromatic heterocycles. The lowest BCUT2D eigenvalue weighted by molar-refractivity contribution is 0.107. The van der Waals surface area contributed by atoms with Crippen molar-refractivity contribution in [3.63, 3.8) is 0 Å². The highest BCUT2D eigenvalue weighted by molar-refractivity contribution is 6.38. The second-order valence-corrected chi connectivity index (χ2v) is 12.5. The quantitative estimate of drug-likeness (QED) is 0.294. The maximum absolute atomic E-state index is 16.8. The summed E-state index contributed by atoms with van der Waals surface area (Å²) in [4.78, 5) is 14.5. The van der Waals surface area contributed by atoms with Gasteiger partial charge in [0, 0.05) is 46.5 Å². The molecule has 0 spiro atoms. The number of fused-ring (bicyclic) bond motifs is 5. The minimum atomic E-state index is -0.478. The summed E-state index contributed by atoms with van der Waals surface area (Å²) >= 11 is 13.5. The number of benzene rings is 3. The summed E-state index contributed by atoms with van der Waals surface area (Å²) in [6.45, 7) is 4.49. The number of piperazine rings is 1. The largest absolute Gasteiger partial charge is 0.461 e. The van der Waals surface area contributed by atoms with Gasteiger partial charge in [0.05, 0.1) is 10.6 Å². The zero-order chi connectivity index (χ0) is 27.0. The summed E-state index contributed by atoms with van der Waals surface area (Å²) < 4.78 is 23.1. The average Bonchev–Trinajstić information content (AvgIpc) is 3.54. The van der Waals surface area contributed by atoms with Gasteiger partial charge in [0.15, 0.2) is 5.82 Å². The number of halogens is 3. The number of nitrogens with one attached hydrogen (secondary N) is 1. The molecule has 0 aliphatic carbocycles. The van der Waals surface area contributed by atoms with Gasteiger partial charge in [-0.25, -0.2) is 4.39 Å². The van der Waals surface area contributed by atoms with Crippen LogP contribution in [0.15, 0.2) is 42.5 Å². The number of hydrogen-bond donors (Lipinski definition) is 1. The first-order valence-electron chi connectivity index (χ1n) is 14.3. The maximum atomic E-state index is 16.8. The van der Waals surface area contributed by atoms with Crippen molar-refractivity contribution >= 4 is 50.7 Å². The van der Waals surface area contributed by atoms with E-state index in [1.165, 1.54) is 12.8 Å². The number of nitrogens with zero attached hydrogens (tertiary/aromatic N) is 4. The number of rotatable bonds is 5. The second-order valence-electron chi connectivity index (χ2n) is 11.7. The highest BCUT2D eigenvalue weighted by atomic mass is 35.5. The van der Waals surface area contributed by atoms with Gasteiger partial charge >= 0.3 is 6.01 Å². The molecule has 0 amide bonds. The van der Waals surface area contributed by atoms with Crippen molar-refractivity contribution < 1.29 is 9.13 Å². The lowest BCUT2D eigenvalue weighted by Crippen LogP contribution is -2.68. The van der Waals surface area contributed by atoms with E-state index in [-0.39, 0.29) is 17.1 Å². The van der Waals surface area contributed by atoms with Crippen molar-refractivity contribution in [2.24, 2.45) is 0 Å². The number of piperidine rings is 1. The molecule has 5 heterocycles. The first kappa shape index (κ1) is 25.0. The Morgan fingerprint density at radius 3 is 2.50 bits per heavy atom. The van der Waals surface area contributed by atoms with Crippen LogP contribution in [0, 0.1) is 5.82 Å². The molecule has 4 fully saturated rings. The first-order chi connectivity index (χ1) is 19.5. The Kier molecular flexibility index (Phi) is 5.89. The van der Waals surface area contributed by atoms with E-state index in [1.54, 1.807) is 0 Å². The molecule has 40 heavy (non-hydrogen) atoms. The smallest absolute Gasteiger partial charge is 0.319 e. The van der Waals surface area contributed by atoms with E-state index in [4.69, 9.17) is 37.9 Å². The van der Waals surface area contributed by atoms with Crippen LogP contribution in [-0.4, -0.2) is 65.3 Å². The summed E-state index contributed by atoms with van der Waals surface area (Å²) in [7, 11) is 0. The number of ether oxygens (including phenoxy) is 1. The van der Waals surface area contributed by atoms with Crippen LogP contribution in [0.2, 0.25) is 10.0 Å². The van der Waals surface area contributed by atoms with E-state index < -0.39 is 5.82 Å². The summed E-state index contributed by atoms with van der Waals surface area (Å²) in [5, 5.41) is 6.64. The van der Waals surface area contributed by atoms with E-state index in [1.807, 2.05) is 42.5 Å². The van der Waals surface area contributed by atoms with Crippen molar-refractivity contribution in [2.45, 2.75) is 49.7 Å². The van der Waals surface area contributed by atoms with Gasteiger partial charge in [-0.05, 0) is 68.3 Å². The van der Waals surface area contributed by atoms with E-state index in [9.17, 15) is 0 Å². The van der Waals surface area contributed by atoms with Gasteiger partial charge in [-0.1, -0.05) is 53.5 Å². The van der Waals surface area contributed by atoms with Crippen molar-refractivity contribution in [2.75, 3.05) is 37.7 Å². The highest BCUT2D eigenvalue weighted by Crippen LogP contribution is 2.45. The fraction of sp³-hybridized carbons (Fsp3) is 0.419. The fourth-order valence-electron chi connectivity index (χ4n) is 7.66. The van der Waals surface area contributed by atoms with Crippen molar-refractivity contribution in [1.29, 1.82) is 0 Å². The van der Waals surface area contributed by atoms with Gasteiger partial charge in [-0.15, -0.1) is 0 Å². The van der Waals surface area contributed by atoms with E-state index >= 15 is 4.39 Å². The molecule has 0 radical (unpaired) electrons. The Hall–Kier alpha value is -2.71. The number of anilines is 1. The molecule has 9 heteroatoms. The molecule has 4 aromatic rings. The lowest BCUT2D eigenvalue weighted by atomic mass is 9.88. The van der Waals surface area contributed by atoms with Gasteiger partial charge in [0.2, 0.25) is 0 Å². The molecule has 4 aliphatic heterocycles. The van der Waals surface area contributed by atoms with Crippen LogP contribution in [0.3, 0.4) is 0 Å². The third-order valence-corrected chi connectivity index (χ3v) is 10.2. The molecule has 2 bridgehead atoms. The van der Waals surface area contributed by atoms with Crippen LogP contribution in [0.5, 0.6) is 6.01 Å². The average molecular weight is 579 g/mol. The summed E-state index contributed by atoms with van der Waals surface area (Å²) in [5.41, 5.74) is 1.21. The molecular weight excluding hydrogens is 548 g/mol. The predicted molar refractivity (Wildman–Crippen MR) is 158 cm³/mol. The fourth-order valence-corrected chi connectivity index (χ4v) is 8.24. The van der Waals surface area contributed by atoms with Crippen LogP contribution < -0.4 is 15.0 Å². The number of hydrogen-bond acceptors (Lipinski definition) is 6. The van der Waals surface area contributed by atoms with Crippen molar-refractivity contribution in [1.82, 2.24) is 20.2 Å². The van der Waals surface area contributed by atoms with Gasteiger partial charge in [0.1, 0.15) is 17.9 Å². The summed E-state index contributed by atoms with van der Waals surface area (Å²) in [5.74, 6) is 0.229. The Labute approximate surface area is 242 Å². The van der Waals surface area contributed by atoms with Gasteiger partial charge in [-0.3, -0.25) is 4.90 Å². The summed E-state index contributed by atoms with van der Waals surface area (Å²) in [6, 6.07) is 14.1. The molecule has 206 valence electrons. The second kappa shape index (κ2) is 9.41. The molecular formula is C31H30Cl2FN5O. The van der Waals surface area contributed by atoms with Gasteiger partial charge in [0.25, 0.3) is 0 Å².